The molecule has 1 aromatic rings. The molecule has 0 spiro atoms. The average molecular weight is 358 g/mol. The van der Waals surface area contributed by atoms with Gasteiger partial charge in [0.05, 0.1) is 22.4 Å². The Morgan fingerprint density at radius 2 is 2.05 bits per heavy atom. The Bertz CT molecular complexity index is 500. The molecule has 0 aromatic carbocycles. The van der Waals surface area contributed by atoms with Crippen LogP contribution in [-0.2, 0) is 11.2 Å². The predicted octanol–water partition coefficient (Wildman–Crippen LogP) is 3.78. The first-order valence-electron chi connectivity index (χ1n) is 7.51. The van der Waals surface area contributed by atoms with Gasteiger partial charge in [-0.15, -0.1) is 0 Å². The van der Waals surface area contributed by atoms with Crippen LogP contribution in [0.3, 0.4) is 0 Å². The maximum atomic E-state index is 12.1. The van der Waals surface area contributed by atoms with Crippen LogP contribution in [0.15, 0.2) is 10.7 Å². The van der Waals surface area contributed by atoms with Gasteiger partial charge < -0.3 is 9.64 Å². The molecule has 1 saturated heterocycles. The Morgan fingerprint density at radius 3 is 2.57 bits per heavy atom. The van der Waals surface area contributed by atoms with E-state index in [-0.39, 0.29) is 6.09 Å². The molecule has 0 N–H and O–H groups in total. The summed E-state index contributed by atoms with van der Waals surface area (Å²) < 4.78 is 8.60. The van der Waals surface area contributed by atoms with Crippen LogP contribution in [0.1, 0.15) is 52.3 Å². The largest absolute Gasteiger partial charge is 0.444 e. The number of halogens is 1. The highest BCUT2D eigenvalue weighted by molar-refractivity contribution is 9.10. The van der Waals surface area contributed by atoms with Crippen molar-refractivity contribution in [3.63, 3.8) is 0 Å². The Balaban J connectivity index is 1.95. The van der Waals surface area contributed by atoms with Gasteiger partial charge in [-0.05, 0) is 56.0 Å². The number of piperidine rings is 1. The van der Waals surface area contributed by atoms with Crippen LogP contribution in [0.4, 0.5) is 4.79 Å². The van der Waals surface area contributed by atoms with Gasteiger partial charge >= 0.3 is 6.09 Å². The lowest BCUT2D eigenvalue weighted by Gasteiger charge is -2.34. The van der Waals surface area contributed by atoms with Crippen molar-refractivity contribution in [3.8, 4) is 0 Å². The number of carbonyl (C=O) groups is 1. The average Bonchev–Trinajstić information content (AvgIpc) is 2.78. The number of ether oxygens (including phenoxy) is 1. The van der Waals surface area contributed by atoms with Crippen molar-refractivity contribution in [1.29, 1.82) is 0 Å². The van der Waals surface area contributed by atoms with Gasteiger partial charge in [-0.3, -0.25) is 4.68 Å². The van der Waals surface area contributed by atoms with Crippen molar-refractivity contribution in [2.24, 2.45) is 0 Å². The summed E-state index contributed by atoms with van der Waals surface area (Å²) in [6.07, 6.45) is 4.44. The van der Waals surface area contributed by atoms with E-state index in [9.17, 15) is 4.79 Å². The monoisotopic (exact) mass is 357 g/mol. The molecule has 2 heterocycles. The van der Waals surface area contributed by atoms with Gasteiger partial charge in [-0.1, -0.05) is 6.92 Å². The maximum absolute atomic E-state index is 12.1. The molecule has 118 valence electrons. The predicted molar refractivity (Wildman–Crippen MR) is 85.4 cm³/mol. The summed E-state index contributed by atoms with van der Waals surface area (Å²) in [5, 5.41) is 4.47. The molecular formula is C15H24BrN3O2. The fourth-order valence-corrected chi connectivity index (χ4v) is 3.19. The summed E-state index contributed by atoms with van der Waals surface area (Å²) in [5.74, 6) is 0. The Kier molecular flexibility index (Phi) is 4.96. The van der Waals surface area contributed by atoms with Crippen molar-refractivity contribution in [3.05, 3.63) is 16.4 Å². The Hall–Kier alpha value is -1.04. The third kappa shape index (κ3) is 3.99. The second kappa shape index (κ2) is 6.38. The lowest BCUT2D eigenvalue weighted by Crippen LogP contribution is -2.42. The van der Waals surface area contributed by atoms with Crippen molar-refractivity contribution in [2.45, 2.75) is 58.6 Å². The van der Waals surface area contributed by atoms with Gasteiger partial charge in [0.15, 0.2) is 0 Å². The summed E-state index contributed by atoms with van der Waals surface area (Å²) in [7, 11) is 0. The molecule has 2 rings (SSSR count). The molecule has 0 radical (unpaired) electrons. The smallest absolute Gasteiger partial charge is 0.410 e. The molecule has 1 aliphatic rings. The van der Waals surface area contributed by atoms with Crippen molar-refractivity contribution in [1.82, 2.24) is 14.7 Å². The normalized spacial score (nSPS) is 17.1. The van der Waals surface area contributed by atoms with E-state index in [0.29, 0.717) is 6.04 Å². The summed E-state index contributed by atoms with van der Waals surface area (Å²) >= 11 is 3.54. The number of likely N-dealkylation sites (tertiary alicyclic amines) is 1. The van der Waals surface area contributed by atoms with Crippen LogP contribution in [0.5, 0.6) is 0 Å². The van der Waals surface area contributed by atoms with E-state index in [1.807, 2.05) is 27.0 Å². The number of aromatic nitrogens is 2. The zero-order chi connectivity index (χ0) is 15.6. The van der Waals surface area contributed by atoms with Gasteiger partial charge in [0, 0.05) is 13.1 Å². The lowest BCUT2D eigenvalue weighted by molar-refractivity contribution is 0.0184. The van der Waals surface area contributed by atoms with Crippen LogP contribution >= 0.6 is 15.9 Å². The molecule has 5 nitrogen and oxygen atoms in total. The van der Waals surface area contributed by atoms with Crippen molar-refractivity contribution in [2.75, 3.05) is 13.1 Å². The fourth-order valence-electron chi connectivity index (χ4n) is 2.63. The minimum Gasteiger partial charge on any atom is -0.444 e. The molecule has 1 aromatic heterocycles. The SMILES string of the molecule is CCc1c(Br)cnn1C1CCN(C(=O)OC(C)(C)C)CC1. The van der Waals surface area contributed by atoms with Crippen LogP contribution in [-0.4, -0.2) is 39.5 Å². The van der Waals surface area contributed by atoms with Crippen molar-refractivity contribution >= 4 is 22.0 Å². The van der Waals surface area contributed by atoms with E-state index in [1.54, 1.807) is 4.90 Å². The zero-order valence-corrected chi connectivity index (χ0v) is 14.8. The molecule has 6 heteroatoms. The van der Waals surface area contributed by atoms with Crippen LogP contribution in [0.2, 0.25) is 0 Å². The molecule has 1 aliphatic heterocycles. The van der Waals surface area contributed by atoms with E-state index in [0.717, 1.165) is 36.8 Å². The Morgan fingerprint density at radius 1 is 1.43 bits per heavy atom. The number of carbonyl (C=O) groups excluding carboxylic acids is 1. The molecule has 0 aliphatic carbocycles. The minimum atomic E-state index is -0.434. The van der Waals surface area contributed by atoms with Gasteiger partial charge in [0.1, 0.15) is 5.60 Å². The first-order valence-corrected chi connectivity index (χ1v) is 8.31. The standard InChI is InChI=1S/C15H24BrN3O2/c1-5-13-12(16)10-17-19(13)11-6-8-18(9-7-11)14(20)21-15(2,3)4/h10-11H,5-9H2,1-4H3. The summed E-state index contributed by atoms with van der Waals surface area (Å²) in [5.41, 5.74) is 0.793. The molecule has 21 heavy (non-hydrogen) atoms. The molecule has 0 saturated carbocycles. The first-order chi connectivity index (χ1) is 9.81. The summed E-state index contributed by atoms with van der Waals surface area (Å²) in [6, 6.07) is 0.366. The molecule has 1 amide bonds. The second-order valence-electron chi connectivity index (χ2n) is 6.44. The third-order valence-corrected chi connectivity index (χ3v) is 4.31. The van der Waals surface area contributed by atoms with Crippen LogP contribution in [0, 0.1) is 0 Å². The zero-order valence-electron chi connectivity index (χ0n) is 13.2. The second-order valence-corrected chi connectivity index (χ2v) is 7.29. The van der Waals surface area contributed by atoms with Gasteiger partial charge in [0.2, 0.25) is 0 Å². The minimum absolute atomic E-state index is 0.210. The summed E-state index contributed by atoms with van der Waals surface area (Å²) in [4.78, 5) is 13.9. The fraction of sp³-hybridized carbons (Fsp3) is 0.733. The van der Waals surface area contributed by atoms with Crippen LogP contribution in [0.25, 0.3) is 0 Å². The maximum Gasteiger partial charge on any atom is 0.410 e. The lowest BCUT2D eigenvalue weighted by atomic mass is 10.1. The highest BCUT2D eigenvalue weighted by atomic mass is 79.9. The molecule has 1 fully saturated rings. The van der Waals surface area contributed by atoms with E-state index >= 15 is 0 Å². The van der Waals surface area contributed by atoms with Gasteiger partial charge in [-0.2, -0.15) is 5.10 Å². The third-order valence-electron chi connectivity index (χ3n) is 3.64. The van der Waals surface area contributed by atoms with Gasteiger partial charge in [-0.25, -0.2) is 4.79 Å². The number of hydrogen-bond donors (Lipinski definition) is 0. The number of amides is 1. The van der Waals surface area contributed by atoms with E-state index < -0.39 is 5.60 Å². The van der Waals surface area contributed by atoms with E-state index in [2.05, 4.69) is 32.6 Å². The molecular weight excluding hydrogens is 334 g/mol. The molecule has 0 unspecified atom stereocenters. The Labute approximate surface area is 134 Å². The quantitative estimate of drug-likeness (QED) is 0.808. The van der Waals surface area contributed by atoms with E-state index in [4.69, 9.17) is 4.74 Å². The topological polar surface area (TPSA) is 47.4 Å². The number of rotatable bonds is 2. The summed E-state index contributed by atoms with van der Waals surface area (Å²) in [6.45, 7) is 9.26. The number of hydrogen-bond acceptors (Lipinski definition) is 3. The van der Waals surface area contributed by atoms with E-state index in [1.165, 1.54) is 5.69 Å². The number of nitrogens with zero attached hydrogens (tertiary/aromatic N) is 3. The van der Waals surface area contributed by atoms with Crippen LogP contribution < -0.4 is 0 Å². The highest BCUT2D eigenvalue weighted by Gasteiger charge is 2.28. The van der Waals surface area contributed by atoms with Gasteiger partial charge in [0.25, 0.3) is 0 Å². The molecule has 0 bridgehead atoms. The molecule has 0 atom stereocenters. The highest BCUT2D eigenvalue weighted by Crippen LogP contribution is 2.27. The first kappa shape index (κ1) is 16.3. The van der Waals surface area contributed by atoms with Crippen molar-refractivity contribution < 1.29 is 9.53 Å².